The topological polar surface area (TPSA) is 6.48 Å². The summed E-state index contributed by atoms with van der Waals surface area (Å²) in [5, 5.41) is 0. The zero-order valence-electron chi connectivity index (χ0n) is 39.3. The van der Waals surface area contributed by atoms with Crippen LogP contribution in [-0.2, 0) is 10.8 Å². The smallest absolute Gasteiger partial charge is 0.0462 e. The van der Waals surface area contributed by atoms with E-state index in [9.17, 15) is 0 Å². The molecule has 61 heavy (non-hydrogen) atoms. The fourth-order valence-electron chi connectivity index (χ4n) is 9.50. The van der Waals surface area contributed by atoms with Gasteiger partial charge in [0.05, 0.1) is 0 Å². The maximum absolute atomic E-state index is 2.45. The van der Waals surface area contributed by atoms with Crippen molar-refractivity contribution >= 4 is 34.1 Å². The van der Waals surface area contributed by atoms with Gasteiger partial charge in [0, 0.05) is 34.1 Å². The first-order valence-corrected chi connectivity index (χ1v) is 23.7. The summed E-state index contributed by atoms with van der Waals surface area (Å²) >= 11 is 0. The molecule has 3 atom stereocenters. The quantitative estimate of drug-likeness (QED) is 0.0758. The molecule has 6 aromatic rings. The fourth-order valence-corrected chi connectivity index (χ4v) is 9.50. The Morgan fingerprint density at radius 3 is 0.902 bits per heavy atom. The molecule has 0 fully saturated rings. The largest absolute Gasteiger partial charge is 0.311 e. The molecule has 0 aliphatic heterocycles. The van der Waals surface area contributed by atoms with Crippen molar-refractivity contribution in [1.82, 2.24) is 0 Å². The third-order valence-corrected chi connectivity index (χ3v) is 14.1. The van der Waals surface area contributed by atoms with Gasteiger partial charge in [-0.25, -0.2) is 0 Å². The van der Waals surface area contributed by atoms with E-state index >= 15 is 0 Å². The Balaban J connectivity index is 1.33. The monoisotopic (exact) mass is 811 g/mol. The Bertz CT molecular complexity index is 2210. The van der Waals surface area contributed by atoms with Gasteiger partial charge in [0.15, 0.2) is 0 Å². The van der Waals surface area contributed by atoms with Gasteiger partial charge in [-0.05, 0) is 167 Å². The summed E-state index contributed by atoms with van der Waals surface area (Å²) in [7, 11) is 0. The second-order valence-electron chi connectivity index (χ2n) is 18.4. The third kappa shape index (κ3) is 10.3. The molecule has 0 saturated heterocycles. The first-order valence-electron chi connectivity index (χ1n) is 23.7. The molecule has 320 valence electrons. The third-order valence-electron chi connectivity index (χ3n) is 14.1. The molecule has 2 nitrogen and oxygen atoms in total. The summed E-state index contributed by atoms with van der Waals surface area (Å²) in [6.07, 6.45) is 10.6. The highest BCUT2D eigenvalue weighted by Crippen LogP contribution is 2.42. The zero-order valence-corrected chi connectivity index (χ0v) is 39.3. The van der Waals surface area contributed by atoms with Crippen molar-refractivity contribution < 1.29 is 0 Å². The highest BCUT2D eigenvalue weighted by Gasteiger charge is 2.26. The maximum atomic E-state index is 2.45. The first kappa shape index (κ1) is 45.4. The van der Waals surface area contributed by atoms with Crippen molar-refractivity contribution in [3.63, 3.8) is 0 Å². The van der Waals surface area contributed by atoms with Gasteiger partial charge in [-0.2, -0.15) is 0 Å². The minimum atomic E-state index is 0.192. The Kier molecular flexibility index (Phi) is 15.4. The molecule has 0 heterocycles. The predicted molar refractivity (Wildman–Crippen MR) is 268 cm³/mol. The number of hydrogen-bond donors (Lipinski definition) is 0. The van der Waals surface area contributed by atoms with Crippen LogP contribution in [0, 0.1) is 0 Å². The van der Waals surface area contributed by atoms with E-state index in [1.807, 2.05) is 0 Å². The number of hydrogen-bond acceptors (Lipinski definition) is 2. The SMILES string of the molecule is CCCC(C)(CC)c1ccc(N(c2ccc(-c3ccc(N(c4ccc(C(C)CC)cc4)c4ccc(C(C)(CCC)CCC)cc4)cc3)cc2)c2ccc(C(C)CC)cc2)cc1. The lowest BCUT2D eigenvalue weighted by Crippen LogP contribution is -2.21. The predicted octanol–water partition coefficient (Wildman–Crippen LogP) is 18.6. The van der Waals surface area contributed by atoms with E-state index in [2.05, 4.69) is 225 Å². The van der Waals surface area contributed by atoms with E-state index in [0.717, 1.165) is 30.6 Å². The molecule has 0 radical (unpaired) electrons. The van der Waals surface area contributed by atoms with Crippen molar-refractivity contribution in [3.8, 4) is 11.1 Å². The van der Waals surface area contributed by atoms with E-state index in [-0.39, 0.29) is 10.8 Å². The molecular formula is C59H74N2. The second kappa shape index (κ2) is 20.7. The van der Waals surface area contributed by atoms with Gasteiger partial charge in [0.2, 0.25) is 0 Å². The van der Waals surface area contributed by atoms with Crippen LogP contribution in [0.5, 0.6) is 0 Å². The molecule has 0 bridgehead atoms. The Morgan fingerprint density at radius 1 is 0.361 bits per heavy atom. The van der Waals surface area contributed by atoms with Gasteiger partial charge >= 0.3 is 0 Å². The molecule has 3 unspecified atom stereocenters. The summed E-state index contributed by atoms with van der Waals surface area (Å²) < 4.78 is 0. The van der Waals surface area contributed by atoms with Crippen LogP contribution in [0.1, 0.15) is 161 Å². The van der Waals surface area contributed by atoms with Crippen LogP contribution in [0.25, 0.3) is 11.1 Å². The summed E-state index contributed by atoms with van der Waals surface area (Å²) in [5.41, 5.74) is 15.5. The molecule has 0 aliphatic carbocycles. The van der Waals surface area contributed by atoms with E-state index in [4.69, 9.17) is 0 Å². The normalized spacial score (nSPS) is 13.7. The number of anilines is 6. The van der Waals surface area contributed by atoms with Crippen molar-refractivity contribution in [2.45, 2.75) is 150 Å². The van der Waals surface area contributed by atoms with Crippen LogP contribution in [0.3, 0.4) is 0 Å². The number of nitrogens with zero attached hydrogens (tertiary/aromatic N) is 2. The van der Waals surface area contributed by atoms with Crippen LogP contribution >= 0.6 is 0 Å². The van der Waals surface area contributed by atoms with Gasteiger partial charge < -0.3 is 9.80 Å². The molecule has 0 spiro atoms. The molecule has 0 saturated carbocycles. The Hall–Kier alpha value is -5.08. The summed E-state index contributed by atoms with van der Waals surface area (Å²) in [4.78, 5) is 4.82. The van der Waals surface area contributed by atoms with E-state index in [1.54, 1.807) is 0 Å². The van der Waals surface area contributed by atoms with Gasteiger partial charge in [0.25, 0.3) is 0 Å². The summed E-state index contributed by atoms with van der Waals surface area (Å²) in [6.45, 7) is 23.3. The van der Waals surface area contributed by atoms with Gasteiger partial charge in [-0.15, -0.1) is 0 Å². The van der Waals surface area contributed by atoms with Gasteiger partial charge in [-0.1, -0.05) is 161 Å². The highest BCUT2D eigenvalue weighted by molar-refractivity contribution is 5.81. The van der Waals surface area contributed by atoms with E-state index in [0.29, 0.717) is 11.8 Å². The van der Waals surface area contributed by atoms with Crippen LogP contribution in [-0.4, -0.2) is 0 Å². The van der Waals surface area contributed by atoms with Crippen LogP contribution in [0.4, 0.5) is 34.1 Å². The summed E-state index contributed by atoms with van der Waals surface area (Å²) in [5.74, 6) is 1.08. The standard InChI is InChI=1S/C59H74N2/c1-11-41-58(9,16-6)50-25-37-56(38-26-50)60(52-29-17-46(18-30-52)44(7)14-4)54-33-21-48(22-34-54)49-23-35-55(36-24-49)61(53-31-19-47(20-32-53)45(8)15-5)57-39-27-51(28-40-57)59(10,42-12-2)43-13-3/h17-40,44-45H,11-16,41-43H2,1-10H3. The molecule has 6 rings (SSSR count). The molecule has 0 aliphatic rings. The molecule has 0 aromatic heterocycles. The first-order chi connectivity index (χ1) is 29.5. The molecular weight excluding hydrogens is 737 g/mol. The number of rotatable bonds is 20. The molecule has 6 aromatic carbocycles. The summed E-state index contributed by atoms with van der Waals surface area (Å²) in [6, 6.07) is 55.5. The van der Waals surface area contributed by atoms with Crippen LogP contribution in [0.2, 0.25) is 0 Å². The highest BCUT2D eigenvalue weighted by atomic mass is 15.1. The molecule has 2 heteroatoms. The van der Waals surface area contributed by atoms with Crippen LogP contribution < -0.4 is 9.80 Å². The van der Waals surface area contributed by atoms with Crippen molar-refractivity contribution in [1.29, 1.82) is 0 Å². The average Bonchev–Trinajstić information content (AvgIpc) is 3.30. The lowest BCUT2D eigenvalue weighted by Gasteiger charge is -2.31. The number of benzene rings is 6. The maximum Gasteiger partial charge on any atom is 0.0462 e. The fraction of sp³-hybridized carbons (Fsp3) is 0.390. The van der Waals surface area contributed by atoms with E-state index in [1.165, 1.54) is 94.7 Å². The van der Waals surface area contributed by atoms with Crippen molar-refractivity contribution in [2.75, 3.05) is 9.80 Å². The van der Waals surface area contributed by atoms with E-state index < -0.39 is 0 Å². The Morgan fingerprint density at radius 2 is 0.623 bits per heavy atom. The molecule has 0 amide bonds. The van der Waals surface area contributed by atoms with Crippen LogP contribution in [0.15, 0.2) is 146 Å². The lowest BCUT2D eigenvalue weighted by atomic mass is 9.75. The second-order valence-corrected chi connectivity index (χ2v) is 18.4. The lowest BCUT2D eigenvalue weighted by molar-refractivity contribution is 0.392. The van der Waals surface area contributed by atoms with Crippen molar-refractivity contribution in [3.05, 3.63) is 168 Å². The zero-order chi connectivity index (χ0) is 43.6. The minimum Gasteiger partial charge on any atom is -0.311 e. The Labute approximate surface area is 371 Å². The molecule has 0 N–H and O–H groups in total. The minimum absolute atomic E-state index is 0.192. The van der Waals surface area contributed by atoms with Crippen molar-refractivity contribution in [2.24, 2.45) is 0 Å². The van der Waals surface area contributed by atoms with Gasteiger partial charge in [-0.3, -0.25) is 0 Å². The van der Waals surface area contributed by atoms with Gasteiger partial charge in [0.1, 0.15) is 0 Å². The average molecular weight is 811 g/mol.